The Morgan fingerprint density at radius 1 is 0.468 bits per heavy atom. The van der Waals surface area contributed by atoms with Crippen LogP contribution in [-0.4, -0.2) is 54.0 Å². The van der Waals surface area contributed by atoms with Gasteiger partial charge in [0.15, 0.2) is 0 Å². The standard InChI is InChI=1S/2C24H17N6.2Pt/c2*1-29-13-14-30(16-29)18-6-2-5-17(15-18)24(21-9-12-27-28-21)22-19(7-3-10-25-22)20-8-4-11-26-23(20)24;;/h2*2-14,16H,1H3;;/q2*-3;;. The summed E-state index contributed by atoms with van der Waals surface area (Å²) in [6.07, 6.45) is 18.8. The predicted octanol–water partition coefficient (Wildman–Crippen LogP) is 6.66. The summed E-state index contributed by atoms with van der Waals surface area (Å²) in [7, 11) is 4.00. The number of rotatable bonds is 6. The Balaban J connectivity index is 0.000000153. The normalized spacial score (nSPS) is 15.5. The molecule has 0 radical (unpaired) electrons. The van der Waals surface area contributed by atoms with Crippen LogP contribution in [-0.2, 0) is 53.0 Å². The number of fused-ring (bicyclic) bond motifs is 6. The van der Waals surface area contributed by atoms with Crippen LogP contribution >= 0.6 is 0 Å². The fourth-order valence-corrected chi connectivity index (χ4v) is 8.88. The van der Waals surface area contributed by atoms with Crippen LogP contribution < -0.4 is 20.0 Å². The van der Waals surface area contributed by atoms with Crippen LogP contribution in [0.15, 0.2) is 159 Å². The van der Waals surface area contributed by atoms with Crippen molar-refractivity contribution >= 4 is 11.4 Å². The Morgan fingerprint density at radius 3 is 1.15 bits per heavy atom. The van der Waals surface area contributed by atoms with E-state index in [1.807, 2.05) is 157 Å². The molecule has 0 atom stereocenters. The van der Waals surface area contributed by atoms with Crippen molar-refractivity contribution in [3.8, 4) is 22.3 Å². The van der Waals surface area contributed by atoms with E-state index >= 15 is 0 Å². The summed E-state index contributed by atoms with van der Waals surface area (Å²) < 4.78 is 0. The van der Waals surface area contributed by atoms with Crippen LogP contribution in [0.25, 0.3) is 22.3 Å². The van der Waals surface area contributed by atoms with Crippen molar-refractivity contribution in [1.29, 1.82) is 0 Å². The van der Waals surface area contributed by atoms with Gasteiger partial charge in [-0.1, -0.05) is 36.4 Å². The Labute approximate surface area is 388 Å². The van der Waals surface area contributed by atoms with E-state index in [9.17, 15) is 0 Å². The predicted molar refractivity (Wildman–Crippen MR) is 226 cm³/mol. The molecule has 0 fully saturated rings. The molecule has 0 unspecified atom stereocenters. The zero-order valence-corrected chi connectivity index (χ0v) is 37.7. The van der Waals surface area contributed by atoms with E-state index in [1.54, 1.807) is 12.4 Å². The minimum atomic E-state index is -0.769. The smallest absolute Gasteiger partial charge is 0.0988 e. The van der Waals surface area contributed by atoms with Gasteiger partial charge < -0.3 is 40.0 Å². The van der Waals surface area contributed by atoms with Crippen molar-refractivity contribution in [2.45, 2.75) is 10.8 Å². The summed E-state index contributed by atoms with van der Waals surface area (Å²) in [5.41, 5.74) is 11.7. The van der Waals surface area contributed by atoms with Gasteiger partial charge in [-0.3, -0.25) is 19.9 Å². The van der Waals surface area contributed by atoms with Gasteiger partial charge in [0, 0.05) is 101 Å². The topological polar surface area (TPSA) is 119 Å². The van der Waals surface area contributed by atoms with Crippen molar-refractivity contribution in [3.63, 3.8) is 0 Å². The molecule has 12 rings (SSSR count). The molecule has 8 heterocycles. The first kappa shape index (κ1) is 40.9. The fraction of sp³-hybridized carbons (Fsp3) is 0.0833. The Morgan fingerprint density at radius 2 is 0.839 bits per heavy atom. The van der Waals surface area contributed by atoms with E-state index in [4.69, 9.17) is 19.9 Å². The molecule has 0 saturated carbocycles. The van der Waals surface area contributed by atoms with E-state index in [-0.39, 0.29) is 42.1 Å². The average Bonchev–Trinajstić information content (AvgIpc) is 4.17. The van der Waals surface area contributed by atoms with Crippen molar-refractivity contribution in [2.24, 2.45) is 0 Å². The van der Waals surface area contributed by atoms with E-state index in [1.165, 1.54) is 0 Å². The molecule has 0 saturated heterocycles. The van der Waals surface area contributed by atoms with Crippen LogP contribution in [0.1, 0.15) is 45.3 Å². The second kappa shape index (κ2) is 16.4. The maximum Gasteiger partial charge on any atom is 0.0988 e. The largest absolute Gasteiger partial charge is 0.581 e. The van der Waals surface area contributed by atoms with Crippen LogP contribution in [0.2, 0.25) is 0 Å². The summed E-state index contributed by atoms with van der Waals surface area (Å²) >= 11 is 0. The molecule has 8 aromatic rings. The van der Waals surface area contributed by atoms with Crippen LogP contribution in [0.3, 0.4) is 0 Å². The number of hydrogen-bond donors (Lipinski definition) is 0. The Bertz CT molecular complexity index is 2640. The van der Waals surface area contributed by atoms with Gasteiger partial charge in [-0.2, -0.15) is 74.3 Å². The number of benzene rings is 2. The zero-order chi connectivity index (χ0) is 40.3. The first-order valence-corrected chi connectivity index (χ1v) is 19.4. The molecule has 6 aromatic heterocycles. The first-order chi connectivity index (χ1) is 29.6. The van der Waals surface area contributed by atoms with Crippen LogP contribution in [0.5, 0.6) is 0 Å². The maximum atomic E-state index is 4.83. The van der Waals surface area contributed by atoms with Gasteiger partial charge in [-0.05, 0) is 63.2 Å². The van der Waals surface area contributed by atoms with Crippen molar-refractivity contribution in [3.05, 3.63) is 230 Å². The Hall–Kier alpha value is -6.48. The van der Waals surface area contributed by atoms with Crippen LogP contribution in [0.4, 0.5) is 11.4 Å². The Kier molecular flexibility index (Phi) is 10.8. The number of nitrogens with zero attached hydrogens (tertiary/aromatic N) is 12. The van der Waals surface area contributed by atoms with Gasteiger partial charge in [-0.25, -0.2) is 0 Å². The molecule has 2 aliphatic carbocycles. The molecule has 0 amide bonds. The average molecular weight is 1170 g/mol. The number of hydrogen-bond acceptors (Lipinski definition) is 10. The van der Waals surface area contributed by atoms with Gasteiger partial charge in [-0.15, -0.1) is 22.5 Å². The summed E-state index contributed by atoms with van der Waals surface area (Å²) in [5.74, 6) is 0. The molecule has 0 N–H and O–H groups in total. The number of pyridine rings is 4. The minimum absolute atomic E-state index is 0. The molecule has 0 bridgehead atoms. The fourth-order valence-electron chi connectivity index (χ4n) is 8.88. The third kappa shape index (κ3) is 6.26. The van der Waals surface area contributed by atoms with Crippen molar-refractivity contribution < 1.29 is 42.1 Å². The molecular formula is C48H34N12Pt2-6. The maximum absolute atomic E-state index is 4.83. The molecule has 2 aliphatic heterocycles. The first-order valence-electron chi connectivity index (χ1n) is 19.4. The van der Waals surface area contributed by atoms with E-state index in [0.29, 0.717) is 0 Å². The third-order valence-corrected chi connectivity index (χ3v) is 11.4. The van der Waals surface area contributed by atoms with Gasteiger partial charge in [0.05, 0.1) is 33.6 Å². The minimum Gasteiger partial charge on any atom is -0.581 e. The van der Waals surface area contributed by atoms with E-state index < -0.39 is 10.8 Å². The van der Waals surface area contributed by atoms with E-state index in [2.05, 4.69) is 68.9 Å². The zero-order valence-electron chi connectivity index (χ0n) is 33.2. The van der Waals surface area contributed by atoms with Gasteiger partial charge >= 0.3 is 0 Å². The molecule has 62 heavy (non-hydrogen) atoms. The summed E-state index contributed by atoms with van der Waals surface area (Å²) in [6, 6.07) is 39.7. The number of aromatic nitrogens is 8. The third-order valence-electron chi connectivity index (χ3n) is 11.4. The molecular weight excluding hydrogens is 1130 g/mol. The molecule has 0 spiro atoms. The van der Waals surface area contributed by atoms with Gasteiger partial charge in [0.25, 0.3) is 0 Å². The van der Waals surface area contributed by atoms with Crippen LogP contribution in [0, 0.1) is 25.5 Å². The summed E-state index contributed by atoms with van der Waals surface area (Å²) in [5, 5.41) is 17.3. The van der Waals surface area contributed by atoms with Gasteiger partial charge in [0.1, 0.15) is 0 Å². The molecule has 12 nitrogen and oxygen atoms in total. The van der Waals surface area contributed by atoms with Crippen molar-refractivity contribution in [2.75, 3.05) is 23.9 Å². The number of anilines is 2. The quantitative estimate of drug-likeness (QED) is 0.166. The monoisotopic (exact) mass is 1170 g/mol. The summed E-state index contributed by atoms with van der Waals surface area (Å²) in [6.45, 7) is 4.02. The second-order valence-electron chi connectivity index (χ2n) is 14.8. The van der Waals surface area contributed by atoms with Crippen molar-refractivity contribution in [1.82, 2.24) is 50.1 Å². The SMILES string of the molecule is CN1C=CN(c2[c-]c(C3(c4cc[n-]n4)c4ncccc4-c4cccnc43)ccc2)[CH-]1.CN1C=CN(c2[c-]c(C3(c4cc[n-]n4)c4ncccc4-c4cccnc43)ccc2)[CH-]1.[Pt].[Pt]. The van der Waals surface area contributed by atoms with E-state index in [0.717, 1.165) is 78.9 Å². The summed E-state index contributed by atoms with van der Waals surface area (Å²) in [4.78, 5) is 27.4. The van der Waals surface area contributed by atoms with Gasteiger partial charge in [0.2, 0.25) is 0 Å². The molecule has 2 aromatic carbocycles. The molecule has 4 aliphatic rings. The molecule has 14 heteroatoms. The molecule has 312 valence electrons. The second-order valence-corrected chi connectivity index (χ2v) is 14.8.